The van der Waals surface area contributed by atoms with Crippen LogP contribution in [0.3, 0.4) is 0 Å². The number of nitrogens with one attached hydrogen (secondary N) is 1. The maximum atomic E-state index is 12.6. The monoisotopic (exact) mass is 357 g/mol. The van der Waals surface area contributed by atoms with Gasteiger partial charge in [0, 0.05) is 5.54 Å². The number of hydrogen-bond donors (Lipinski definition) is 2. The highest BCUT2D eigenvalue weighted by atomic mass is 16.5. The first-order valence-electron chi connectivity index (χ1n) is 9.70. The van der Waals surface area contributed by atoms with Gasteiger partial charge in [-0.25, -0.2) is 0 Å². The molecule has 0 spiro atoms. The van der Waals surface area contributed by atoms with Crippen LogP contribution >= 0.6 is 0 Å². The Labute approximate surface area is 154 Å². The van der Waals surface area contributed by atoms with Crippen molar-refractivity contribution in [3.63, 3.8) is 0 Å². The number of hydrogen-bond acceptors (Lipinski definition) is 4. The number of rotatable bonds is 5. The van der Waals surface area contributed by atoms with Crippen LogP contribution in [0.5, 0.6) is 5.75 Å². The van der Waals surface area contributed by atoms with E-state index < -0.39 is 12.1 Å². The van der Waals surface area contributed by atoms with Gasteiger partial charge in [-0.05, 0) is 80.9 Å². The quantitative estimate of drug-likeness (QED) is 0.795. The number of aromatic hydroxyl groups is 1. The van der Waals surface area contributed by atoms with Gasteiger partial charge >= 0.3 is 5.97 Å². The van der Waals surface area contributed by atoms with Crippen LogP contribution in [-0.4, -0.2) is 28.6 Å². The molecule has 4 saturated carbocycles. The molecule has 1 aromatic rings. The zero-order chi connectivity index (χ0) is 18.3. The van der Waals surface area contributed by atoms with Gasteiger partial charge in [0.05, 0.1) is 6.42 Å². The first kappa shape index (κ1) is 17.4. The summed E-state index contributed by atoms with van der Waals surface area (Å²) in [7, 11) is 0. The highest BCUT2D eigenvalue weighted by molar-refractivity contribution is 5.84. The Morgan fingerprint density at radius 3 is 2.19 bits per heavy atom. The fourth-order valence-electron chi connectivity index (χ4n) is 5.70. The summed E-state index contributed by atoms with van der Waals surface area (Å²) in [4.78, 5) is 24.8. The van der Waals surface area contributed by atoms with Crippen molar-refractivity contribution in [2.75, 3.05) is 0 Å². The Balaban J connectivity index is 1.32. The maximum absolute atomic E-state index is 12.6. The van der Waals surface area contributed by atoms with Gasteiger partial charge in [0.2, 0.25) is 0 Å². The number of benzene rings is 1. The van der Waals surface area contributed by atoms with Crippen LogP contribution < -0.4 is 5.32 Å². The summed E-state index contributed by atoms with van der Waals surface area (Å²) < 4.78 is 5.35. The molecule has 0 heterocycles. The van der Waals surface area contributed by atoms with Gasteiger partial charge in [0.15, 0.2) is 6.10 Å². The molecule has 0 aromatic heterocycles. The van der Waals surface area contributed by atoms with E-state index in [1.54, 1.807) is 19.1 Å². The zero-order valence-electron chi connectivity index (χ0n) is 15.2. The maximum Gasteiger partial charge on any atom is 0.311 e. The highest BCUT2D eigenvalue weighted by Crippen LogP contribution is 2.55. The SMILES string of the molecule is C[C@@H](OC(=O)Cc1ccc(O)cc1)C(=O)NC12CC3CC(CC(C3)C1)C2. The summed E-state index contributed by atoms with van der Waals surface area (Å²) in [6.45, 7) is 1.64. The summed E-state index contributed by atoms with van der Waals surface area (Å²) >= 11 is 0. The molecule has 1 atom stereocenters. The van der Waals surface area contributed by atoms with Gasteiger partial charge in [-0.1, -0.05) is 12.1 Å². The smallest absolute Gasteiger partial charge is 0.311 e. The van der Waals surface area contributed by atoms with E-state index >= 15 is 0 Å². The summed E-state index contributed by atoms with van der Waals surface area (Å²) in [5, 5.41) is 12.5. The van der Waals surface area contributed by atoms with E-state index in [4.69, 9.17) is 4.74 Å². The second-order valence-corrected chi connectivity index (χ2v) is 8.66. The molecule has 0 aliphatic heterocycles. The molecule has 5 heteroatoms. The standard InChI is InChI=1S/C21H27NO4/c1-13(26-19(24)9-14-2-4-18(23)5-3-14)20(25)22-21-10-15-6-16(11-21)8-17(7-15)12-21/h2-5,13,15-17,23H,6-12H2,1H3,(H,22,25)/t13-,15?,16?,17?,21?/m1/s1. The van der Waals surface area contributed by atoms with E-state index in [9.17, 15) is 14.7 Å². The van der Waals surface area contributed by atoms with Crippen molar-refractivity contribution in [2.24, 2.45) is 17.8 Å². The Morgan fingerprint density at radius 2 is 1.65 bits per heavy atom. The van der Waals surface area contributed by atoms with Crippen LogP contribution in [0.25, 0.3) is 0 Å². The predicted molar refractivity (Wildman–Crippen MR) is 96.4 cm³/mol. The first-order chi connectivity index (χ1) is 12.4. The molecule has 4 aliphatic rings. The minimum Gasteiger partial charge on any atom is -0.508 e. The van der Waals surface area contributed by atoms with E-state index in [-0.39, 0.29) is 23.6 Å². The fraction of sp³-hybridized carbons (Fsp3) is 0.619. The van der Waals surface area contributed by atoms with Crippen molar-refractivity contribution in [2.45, 2.75) is 63.5 Å². The van der Waals surface area contributed by atoms with E-state index in [1.807, 2.05) is 0 Å². The number of ether oxygens (including phenoxy) is 1. The van der Waals surface area contributed by atoms with E-state index in [0.717, 1.165) is 42.6 Å². The summed E-state index contributed by atoms with van der Waals surface area (Å²) in [6.07, 6.45) is 6.53. The summed E-state index contributed by atoms with van der Waals surface area (Å²) in [5.74, 6) is 1.83. The van der Waals surface area contributed by atoms with Gasteiger partial charge < -0.3 is 15.2 Å². The Bertz CT molecular complexity index is 661. The topological polar surface area (TPSA) is 75.6 Å². The average molecular weight is 357 g/mol. The van der Waals surface area contributed by atoms with Gasteiger partial charge in [-0.2, -0.15) is 0 Å². The second kappa shape index (κ2) is 6.60. The zero-order valence-corrected chi connectivity index (χ0v) is 15.2. The largest absolute Gasteiger partial charge is 0.508 e. The number of phenolic OH excluding ortho intramolecular Hbond substituents is 1. The molecule has 4 fully saturated rings. The van der Waals surface area contributed by atoms with Crippen LogP contribution in [0.1, 0.15) is 51.0 Å². The van der Waals surface area contributed by atoms with Crippen molar-refractivity contribution in [1.82, 2.24) is 5.32 Å². The lowest BCUT2D eigenvalue weighted by Gasteiger charge is -2.57. The van der Waals surface area contributed by atoms with E-state index in [1.165, 1.54) is 31.4 Å². The lowest BCUT2D eigenvalue weighted by atomic mass is 9.53. The van der Waals surface area contributed by atoms with Crippen LogP contribution in [0, 0.1) is 17.8 Å². The molecule has 1 aromatic carbocycles. The van der Waals surface area contributed by atoms with Crippen molar-refractivity contribution < 1.29 is 19.4 Å². The fourth-order valence-corrected chi connectivity index (χ4v) is 5.70. The number of carbonyl (C=O) groups is 2. The first-order valence-corrected chi connectivity index (χ1v) is 9.70. The molecular weight excluding hydrogens is 330 g/mol. The van der Waals surface area contributed by atoms with Crippen molar-refractivity contribution in [1.29, 1.82) is 0 Å². The molecule has 2 N–H and O–H groups in total. The third kappa shape index (κ3) is 3.57. The average Bonchev–Trinajstić information content (AvgIpc) is 2.55. The Hall–Kier alpha value is -2.04. The molecule has 1 amide bonds. The van der Waals surface area contributed by atoms with E-state index in [2.05, 4.69) is 5.32 Å². The molecule has 0 radical (unpaired) electrons. The van der Waals surface area contributed by atoms with Crippen molar-refractivity contribution in [3.8, 4) is 5.75 Å². The van der Waals surface area contributed by atoms with Gasteiger partial charge in [0.25, 0.3) is 5.91 Å². The lowest BCUT2D eigenvalue weighted by Crippen LogP contribution is -2.61. The van der Waals surface area contributed by atoms with Crippen LogP contribution in [0.4, 0.5) is 0 Å². The van der Waals surface area contributed by atoms with Gasteiger partial charge in [-0.15, -0.1) is 0 Å². The summed E-state index contributed by atoms with van der Waals surface area (Å²) in [6, 6.07) is 6.42. The third-order valence-corrected chi connectivity index (χ3v) is 6.39. The van der Waals surface area contributed by atoms with Crippen LogP contribution in [-0.2, 0) is 20.7 Å². The van der Waals surface area contributed by atoms with Crippen LogP contribution in [0.2, 0.25) is 0 Å². The number of carbonyl (C=O) groups excluding carboxylic acids is 2. The summed E-state index contributed by atoms with van der Waals surface area (Å²) in [5.41, 5.74) is 0.685. The molecule has 140 valence electrons. The minimum atomic E-state index is -0.785. The van der Waals surface area contributed by atoms with E-state index in [0.29, 0.717) is 0 Å². The molecule has 4 aliphatic carbocycles. The number of esters is 1. The molecule has 5 rings (SSSR count). The highest BCUT2D eigenvalue weighted by Gasteiger charge is 2.51. The van der Waals surface area contributed by atoms with Gasteiger partial charge in [-0.3, -0.25) is 9.59 Å². The minimum absolute atomic E-state index is 0.0660. The molecule has 4 bridgehead atoms. The molecule has 0 unspecified atom stereocenters. The Morgan fingerprint density at radius 1 is 1.12 bits per heavy atom. The van der Waals surface area contributed by atoms with Crippen molar-refractivity contribution >= 4 is 11.9 Å². The van der Waals surface area contributed by atoms with Crippen molar-refractivity contribution in [3.05, 3.63) is 29.8 Å². The molecule has 0 saturated heterocycles. The lowest BCUT2D eigenvalue weighted by molar-refractivity contribution is -0.156. The molecule has 26 heavy (non-hydrogen) atoms. The second-order valence-electron chi connectivity index (χ2n) is 8.66. The number of phenols is 1. The predicted octanol–water partition coefficient (Wildman–Crippen LogP) is 2.95. The molecule has 5 nitrogen and oxygen atoms in total. The molecular formula is C21H27NO4. The third-order valence-electron chi connectivity index (χ3n) is 6.39. The Kier molecular flexibility index (Phi) is 4.41. The number of amides is 1. The normalized spacial score (nSPS) is 32.9. The van der Waals surface area contributed by atoms with Gasteiger partial charge in [0.1, 0.15) is 5.75 Å². The van der Waals surface area contributed by atoms with Crippen LogP contribution in [0.15, 0.2) is 24.3 Å².